The van der Waals surface area contributed by atoms with E-state index in [2.05, 4.69) is 4.98 Å². The Bertz CT molecular complexity index is 1220. The number of nitrogens with one attached hydrogen (secondary N) is 1. The molecule has 1 aliphatic heterocycles. The number of hydrogen-bond acceptors (Lipinski definition) is 6. The van der Waals surface area contributed by atoms with Gasteiger partial charge in [-0.25, -0.2) is 4.79 Å². The van der Waals surface area contributed by atoms with Crippen LogP contribution in [-0.4, -0.2) is 29.4 Å². The van der Waals surface area contributed by atoms with Gasteiger partial charge >= 0.3 is 5.69 Å². The summed E-state index contributed by atoms with van der Waals surface area (Å²) in [4.78, 5) is 26.6. The van der Waals surface area contributed by atoms with Gasteiger partial charge in [-0.05, 0) is 18.1 Å². The van der Waals surface area contributed by atoms with E-state index in [1.54, 1.807) is 6.92 Å². The molecular weight excluding hydrogens is 424 g/mol. The Kier molecular flexibility index (Phi) is 7.07. The Labute approximate surface area is 191 Å². The van der Waals surface area contributed by atoms with Gasteiger partial charge in [-0.3, -0.25) is 14.3 Å². The van der Waals surface area contributed by atoms with Crippen molar-refractivity contribution in [3.63, 3.8) is 0 Å². The van der Waals surface area contributed by atoms with Crippen molar-refractivity contribution >= 4 is 0 Å². The summed E-state index contributed by atoms with van der Waals surface area (Å²) in [5.41, 5.74) is 1.35. The number of aryl methyl sites for hydroxylation is 1. The Morgan fingerprint density at radius 1 is 0.939 bits per heavy atom. The second-order valence-electron chi connectivity index (χ2n) is 7.68. The molecule has 33 heavy (non-hydrogen) atoms. The zero-order chi connectivity index (χ0) is 23.2. The molecule has 8 nitrogen and oxygen atoms in total. The van der Waals surface area contributed by atoms with Crippen molar-refractivity contribution < 1.29 is 18.9 Å². The van der Waals surface area contributed by atoms with Crippen LogP contribution in [0.25, 0.3) is 0 Å². The number of ether oxygens (including phenoxy) is 4. The summed E-state index contributed by atoms with van der Waals surface area (Å²) in [7, 11) is 1.52. The Morgan fingerprint density at radius 2 is 1.58 bits per heavy atom. The summed E-state index contributed by atoms with van der Waals surface area (Å²) < 4.78 is 25.1. The average molecular weight is 450 g/mol. The van der Waals surface area contributed by atoms with Gasteiger partial charge in [-0.2, -0.15) is 0 Å². The lowest BCUT2D eigenvalue weighted by Gasteiger charge is -2.21. The molecule has 2 heterocycles. The summed E-state index contributed by atoms with van der Waals surface area (Å²) in [5.74, 6) is 0.893. The predicted octanol–water partition coefficient (Wildman–Crippen LogP) is 3.03. The van der Waals surface area contributed by atoms with E-state index in [0.717, 1.165) is 11.1 Å². The molecule has 1 unspecified atom stereocenters. The summed E-state index contributed by atoms with van der Waals surface area (Å²) in [5, 5.41) is 0. The topological polar surface area (TPSA) is 91.8 Å². The van der Waals surface area contributed by atoms with Gasteiger partial charge in [0.05, 0.1) is 6.61 Å². The third-order valence-electron chi connectivity index (χ3n) is 5.31. The highest BCUT2D eigenvalue weighted by Crippen LogP contribution is 2.35. The Balaban J connectivity index is 1.59. The normalized spacial score (nSPS) is 17.8. The molecule has 4 rings (SSSR count). The van der Waals surface area contributed by atoms with Crippen LogP contribution in [0.15, 0.2) is 88.0 Å². The van der Waals surface area contributed by atoms with E-state index in [4.69, 9.17) is 18.9 Å². The SMILES string of the molecule is CO[C@H]1C(OCc2ccccc2)=C(COCc2ccccc2)OC1n1cc(C)c(=O)[nH]c1=O. The molecule has 1 aliphatic rings. The van der Waals surface area contributed by atoms with Crippen molar-refractivity contribution in [2.45, 2.75) is 32.5 Å². The number of H-pyrrole nitrogens is 1. The molecule has 2 aromatic carbocycles. The van der Waals surface area contributed by atoms with Crippen molar-refractivity contribution in [1.82, 2.24) is 9.55 Å². The zero-order valence-corrected chi connectivity index (χ0v) is 18.5. The molecule has 8 heteroatoms. The largest absolute Gasteiger partial charge is 0.487 e. The Hall–Kier alpha value is -3.62. The smallest absolute Gasteiger partial charge is 0.331 e. The number of aromatic amines is 1. The predicted molar refractivity (Wildman–Crippen MR) is 121 cm³/mol. The average Bonchev–Trinajstić information content (AvgIpc) is 3.18. The highest BCUT2D eigenvalue weighted by Gasteiger charge is 2.41. The quantitative estimate of drug-likeness (QED) is 0.539. The van der Waals surface area contributed by atoms with Gasteiger partial charge in [-0.1, -0.05) is 60.7 Å². The van der Waals surface area contributed by atoms with Crippen LogP contribution in [0, 0.1) is 6.92 Å². The minimum Gasteiger partial charge on any atom is -0.487 e. The molecule has 3 aromatic rings. The fourth-order valence-corrected chi connectivity index (χ4v) is 3.59. The van der Waals surface area contributed by atoms with Gasteiger partial charge in [0.25, 0.3) is 5.56 Å². The maximum atomic E-state index is 12.5. The van der Waals surface area contributed by atoms with E-state index < -0.39 is 23.6 Å². The van der Waals surface area contributed by atoms with Gasteiger partial charge < -0.3 is 18.9 Å². The van der Waals surface area contributed by atoms with Gasteiger partial charge in [0, 0.05) is 18.9 Å². The monoisotopic (exact) mass is 450 g/mol. The van der Waals surface area contributed by atoms with Crippen LogP contribution in [0.1, 0.15) is 22.9 Å². The van der Waals surface area contributed by atoms with Gasteiger partial charge in [-0.15, -0.1) is 0 Å². The maximum Gasteiger partial charge on any atom is 0.331 e. The first-order valence-corrected chi connectivity index (χ1v) is 10.6. The standard InChI is InChI=1S/C25H26N2O6/c1-17-13-27(25(29)26-23(17)28)24-22(30-2)21(32-15-19-11-7-4-8-12-19)20(33-24)16-31-14-18-9-5-3-6-10-18/h3-13,22,24H,14-16H2,1-2H3,(H,26,28,29)/t22-,24?/m0/s1. The van der Waals surface area contributed by atoms with E-state index in [1.807, 2.05) is 60.7 Å². The molecule has 1 aromatic heterocycles. The molecule has 0 amide bonds. The first kappa shape index (κ1) is 22.6. The molecule has 0 spiro atoms. The number of nitrogens with zero attached hydrogens (tertiary/aromatic N) is 1. The van der Waals surface area contributed by atoms with Crippen LogP contribution in [-0.2, 0) is 32.2 Å². The van der Waals surface area contributed by atoms with Crippen LogP contribution in [0.3, 0.4) is 0 Å². The van der Waals surface area contributed by atoms with Gasteiger partial charge in [0.1, 0.15) is 13.2 Å². The third-order valence-corrected chi connectivity index (χ3v) is 5.31. The van der Waals surface area contributed by atoms with E-state index in [9.17, 15) is 9.59 Å². The summed E-state index contributed by atoms with van der Waals surface area (Å²) >= 11 is 0. The van der Waals surface area contributed by atoms with Crippen molar-refractivity contribution in [2.24, 2.45) is 0 Å². The van der Waals surface area contributed by atoms with Crippen LogP contribution in [0.4, 0.5) is 0 Å². The van der Waals surface area contributed by atoms with E-state index in [1.165, 1.54) is 17.9 Å². The van der Waals surface area contributed by atoms with E-state index in [0.29, 0.717) is 30.3 Å². The molecule has 1 N–H and O–H groups in total. The Morgan fingerprint density at radius 3 is 2.21 bits per heavy atom. The van der Waals surface area contributed by atoms with Crippen LogP contribution < -0.4 is 11.2 Å². The van der Waals surface area contributed by atoms with Gasteiger partial charge in [0.15, 0.2) is 17.6 Å². The molecule has 2 atom stereocenters. The molecule has 0 aliphatic carbocycles. The van der Waals surface area contributed by atoms with Crippen LogP contribution in [0.2, 0.25) is 0 Å². The second kappa shape index (κ2) is 10.3. The fraction of sp³-hybridized carbons (Fsp3) is 0.280. The zero-order valence-electron chi connectivity index (χ0n) is 18.5. The molecule has 0 radical (unpaired) electrons. The minimum atomic E-state index is -0.848. The van der Waals surface area contributed by atoms with E-state index in [-0.39, 0.29) is 6.61 Å². The number of aromatic nitrogens is 2. The maximum absolute atomic E-state index is 12.5. The molecule has 0 saturated heterocycles. The second-order valence-corrected chi connectivity index (χ2v) is 7.68. The van der Waals surface area contributed by atoms with Crippen molar-refractivity contribution in [3.05, 3.63) is 116 Å². The molecule has 0 saturated carbocycles. The number of methoxy groups -OCH3 is 1. The fourth-order valence-electron chi connectivity index (χ4n) is 3.59. The number of benzene rings is 2. The lowest BCUT2D eigenvalue weighted by molar-refractivity contribution is -0.0454. The van der Waals surface area contributed by atoms with Gasteiger partial charge in [0.2, 0.25) is 6.23 Å². The number of rotatable bonds is 9. The first-order chi connectivity index (χ1) is 16.1. The number of hydrogen-bond donors (Lipinski definition) is 1. The molecule has 0 bridgehead atoms. The first-order valence-electron chi connectivity index (χ1n) is 10.6. The molecular formula is C25H26N2O6. The van der Waals surface area contributed by atoms with Crippen molar-refractivity contribution in [2.75, 3.05) is 13.7 Å². The summed E-state index contributed by atoms with van der Waals surface area (Å²) in [6.07, 6.45) is -0.0911. The van der Waals surface area contributed by atoms with Crippen LogP contribution in [0.5, 0.6) is 0 Å². The lowest BCUT2D eigenvalue weighted by atomic mass is 10.2. The van der Waals surface area contributed by atoms with Crippen molar-refractivity contribution in [3.8, 4) is 0 Å². The van der Waals surface area contributed by atoms with Crippen molar-refractivity contribution in [1.29, 1.82) is 0 Å². The molecule has 0 fully saturated rings. The highest BCUT2D eigenvalue weighted by molar-refractivity contribution is 5.19. The van der Waals surface area contributed by atoms with Crippen LogP contribution >= 0.6 is 0 Å². The molecule has 172 valence electrons. The summed E-state index contributed by atoms with van der Waals surface area (Å²) in [6, 6.07) is 19.5. The summed E-state index contributed by atoms with van der Waals surface area (Å²) in [6.45, 7) is 2.44. The van der Waals surface area contributed by atoms with E-state index >= 15 is 0 Å². The highest BCUT2D eigenvalue weighted by atomic mass is 16.6. The minimum absolute atomic E-state index is 0.131. The third kappa shape index (κ3) is 5.24. The lowest BCUT2D eigenvalue weighted by Crippen LogP contribution is -2.37.